The number of hydrogen-bond donors (Lipinski definition) is 1. The van der Waals surface area contributed by atoms with Gasteiger partial charge in [-0.25, -0.2) is 4.79 Å². The molecule has 0 amide bonds. The molecule has 0 aliphatic rings. The monoisotopic (exact) mass is 437 g/mol. The highest BCUT2D eigenvalue weighted by Gasteiger charge is 2.23. The minimum Gasteiger partial charge on any atom is -0.508 e. The molecule has 0 saturated heterocycles. The van der Waals surface area contributed by atoms with E-state index in [0.717, 1.165) is 27.8 Å². The van der Waals surface area contributed by atoms with Gasteiger partial charge in [0, 0.05) is 23.5 Å². The number of phenolic OH excluding ortho intramolecular Hbond substituents is 1. The molecule has 0 fully saturated rings. The Labute approximate surface area is 191 Å². The molecule has 5 heteroatoms. The van der Waals surface area contributed by atoms with Gasteiger partial charge >= 0.3 is 5.97 Å². The summed E-state index contributed by atoms with van der Waals surface area (Å²) in [6.45, 7) is 13.9. The standard InChI is InChI=1S/C20H21NO4.C4H8.C3H6/c1-4-24-15-9-6-13(7-10-15)18-16-12-14(22)8-11-17(16)21(3)19(18)20(23)25-5-2;1-3-4-2;1-3-2/h6-12,22H,4-5H2,1-3H3;3-4H,1-2H3;3H,1H2,2H3/b;4-3-;. The molecule has 3 rings (SSSR count). The summed E-state index contributed by atoms with van der Waals surface area (Å²) in [5.41, 5.74) is 2.92. The molecule has 0 unspecified atom stereocenters. The van der Waals surface area contributed by atoms with E-state index in [1.807, 2.05) is 71.2 Å². The van der Waals surface area contributed by atoms with Crippen molar-refractivity contribution in [2.24, 2.45) is 7.05 Å². The molecule has 1 N–H and O–H groups in total. The molecule has 1 aromatic heterocycles. The van der Waals surface area contributed by atoms with Gasteiger partial charge in [0.05, 0.1) is 13.2 Å². The number of nitrogens with zero attached hydrogens (tertiary/aromatic N) is 1. The first kappa shape index (κ1) is 26.6. The number of aryl methyl sites for hydroxylation is 1. The van der Waals surface area contributed by atoms with Gasteiger partial charge in [0.15, 0.2) is 0 Å². The van der Waals surface area contributed by atoms with Crippen molar-refractivity contribution in [3.63, 3.8) is 0 Å². The third-order valence-electron chi connectivity index (χ3n) is 4.44. The maximum atomic E-state index is 12.6. The summed E-state index contributed by atoms with van der Waals surface area (Å²) in [6, 6.07) is 12.6. The third-order valence-corrected chi connectivity index (χ3v) is 4.44. The van der Waals surface area contributed by atoms with Gasteiger partial charge in [-0.15, -0.1) is 6.58 Å². The van der Waals surface area contributed by atoms with Crippen LogP contribution in [-0.2, 0) is 11.8 Å². The summed E-state index contributed by atoms with van der Waals surface area (Å²) in [5.74, 6) is 0.539. The predicted octanol–water partition coefficient (Wildman–Crippen LogP) is 6.90. The van der Waals surface area contributed by atoms with Crippen molar-refractivity contribution < 1.29 is 19.4 Å². The Balaban J connectivity index is 0.000000645. The second-order valence-corrected chi connectivity index (χ2v) is 6.74. The van der Waals surface area contributed by atoms with E-state index in [0.29, 0.717) is 18.9 Å². The fourth-order valence-corrected chi connectivity index (χ4v) is 3.05. The average molecular weight is 438 g/mol. The van der Waals surface area contributed by atoms with Crippen molar-refractivity contribution in [1.82, 2.24) is 4.57 Å². The molecule has 1 heterocycles. The minimum atomic E-state index is -0.385. The van der Waals surface area contributed by atoms with Crippen LogP contribution in [0.3, 0.4) is 0 Å². The second-order valence-electron chi connectivity index (χ2n) is 6.74. The van der Waals surface area contributed by atoms with Gasteiger partial charge in [-0.3, -0.25) is 0 Å². The van der Waals surface area contributed by atoms with Crippen LogP contribution in [0.1, 0.15) is 45.1 Å². The molecule has 0 spiro atoms. The summed E-state index contributed by atoms with van der Waals surface area (Å²) in [5, 5.41) is 10.7. The summed E-state index contributed by atoms with van der Waals surface area (Å²) >= 11 is 0. The van der Waals surface area contributed by atoms with E-state index >= 15 is 0 Å². The number of allylic oxidation sites excluding steroid dienone is 3. The highest BCUT2D eigenvalue weighted by Crippen LogP contribution is 2.37. The van der Waals surface area contributed by atoms with E-state index in [-0.39, 0.29) is 11.7 Å². The Morgan fingerprint density at radius 1 is 1.03 bits per heavy atom. The van der Waals surface area contributed by atoms with Crippen molar-refractivity contribution in [2.75, 3.05) is 13.2 Å². The van der Waals surface area contributed by atoms with Gasteiger partial charge in [0.25, 0.3) is 0 Å². The van der Waals surface area contributed by atoms with E-state index < -0.39 is 0 Å². The van der Waals surface area contributed by atoms with Crippen LogP contribution in [-0.4, -0.2) is 28.9 Å². The molecule has 2 aromatic carbocycles. The van der Waals surface area contributed by atoms with E-state index in [9.17, 15) is 9.90 Å². The molecule has 0 bridgehead atoms. The topological polar surface area (TPSA) is 60.7 Å². The van der Waals surface area contributed by atoms with Crippen LogP contribution in [0.5, 0.6) is 11.5 Å². The molecule has 3 aromatic rings. The smallest absolute Gasteiger partial charge is 0.355 e. The van der Waals surface area contributed by atoms with E-state index in [1.165, 1.54) is 0 Å². The Morgan fingerprint density at radius 3 is 2.12 bits per heavy atom. The van der Waals surface area contributed by atoms with Crippen LogP contribution >= 0.6 is 0 Å². The molecular weight excluding hydrogens is 402 g/mol. The molecule has 0 aliphatic carbocycles. The van der Waals surface area contributed by atoms with Crippen molar-refractivity contribution in [2.45, 2.75) is 34.6 Å². The summed E-state index contributed by atoms with van der Waals surface area (Å²) in [6.07, 6.45) is 5.75. The van der Waals surface area contributed by atoms with Crippen LogP contribution < -0.4 is 4.74 Å². The lowest BCUT2D eigenvalue weighted by atomic mass is 10.0. The largest absolute Gasteiger partial charge is 0.508 e. The van der Waals surface area contributed by atoms with Crippen LogP contribution in [0.4, 0.5) is 0 Å². The number of aromatic hydroxyl groups is 1. The number of benzene rings is 2. The first-order chi connectivity index (χ1) is 15.4. The summed E-state index contributed by atoms with van der Waals surface area (Å²) < 4.78 is 12.5. The quantitative estimate of drug-likeness (QED) is 0.348. The third kappa shape index (κ3) is 6.77. The highest BCUT2D eigenvalue weighted by molar-refractivity contribution is 6.09. The molecule has 0 radical (unpaired) electrons. The first-order valence-corrected chi connectivity index (χ1v) is 10.8. The predicted molar refractivity (Wildman–Crippen MR) is 134 cm³/mol. The first-order valence-electron chi connectivity index (χ1n) is 10.8. The van der Waals surface area contributed by atoms with Crippen molar-refractivity contribution in [3.05, 3.63) is 73.0 Å². The number of aromatic nitrogens is 1. The zero-order valence-corrected chi connectivity index (χ0v) is 20.0. The minimum absolute atomic E-state index is 0.153. The van der Waals surface area contributed by atoms with Gasteiger partial charge < -0.3 is 19.1 Å². The van der Waals surface area contributed by atoms with Crippen LogP contribution in [0.2, 0.25) is 0 Å². The summed E-state index contributed by atoms with van der Waals surface area (Å²) in [4.78, 5) is 12.6. The van der Waals surface area contributed by atoms with E-state index in [4.69, 9.17) is 9.47 Å². The molecule has 0 aliphatic heterocycles. The van der Waals surface area contributed by atoms with E-state index in [2.05, 4.69) is 6.58 Å². The maximum absolute atomic E-state index is 12.6. The maximum Gasteiger partial charge on any atom is 0.355 e. The van der Waals surface area contributed by atoms with Gasteiger partial charge in [-0.2, -0.15) is 0 Å². The number of carbonyl (C=O) groups is 1. The Bertz CT molecular complexity index is 1030. The number of ether oxygens (including phenoxy) is 2. The molecule has 172 valence electrons. The van der Waals surface area contributed by atoms with Crippen molar-refractivity contribution >= 4 is 16.9 Å². The van der Waals surface area contributed by atoms with Gasteiger partial charge in [-0.1, -0.05) is 30.4 Å². The Kier molecular flexibility index (Phi) is 11.4. The number of rotatable bonds is 5. The van der Waals surface area contributed by atoms with E-state index in [1.54, 1.807) is 35.8 Å². The van der Waals surface area contributed by atoms with Gasteiger partial charge in [-0.05, 0) is 70.5 Å². The molecular formula is C27H35NO4. The lowest BCUT2D eigenvalue weighted by Crippen LogP contribution is -2.11. The number of hydrogen-bond acceptors (Lipinski definition) is 4. The number of fused-ring (bicyclic) bond motifs is 1. The fourth-order valence-electron chi connectivity index (χ4n) is 3.05. The van der Waals surface area contributed by atoms with Crippen LogP contribution in [0.15, 0.2) is 67.3 Å². The SMILES string of the molecule is C/C=C\C.C=CC.CCOC(=O)c1c(-c2ccc(OCC)cc2)c2cc(O)ccc2n1C. The fraction of sp³-hybridized carbons (Fsp3) is 0.296. The molecule has 32 heavy (non-hydrogen) atoms. The number of carbonyl (C=O) groups excluding carboxylic acids is 1. The van der Waals surface area contributed by atoms with Crippen LogP contribution in [0.25, 0.3) is 22.0 Å². The van der Waals surface area contributed by atoms with Gasteiger partial charge in [0.1, 0.15) is 17.2 Å². The lowest BCUT2D eigenvalue weighted by molar-refractivity contribution is 0.0517. The highest BCUT2D eigenvalue weighted by atomic mass is 16.5. The lowest BCUT2D eigenvalue weighted by Gasteiger charge is -2.09. The summed E-state index contributed by atoms with van der Waals surface area (Å²) in [7, 11) is 1.82. The molecule has 0 atom stereocenters. The van der Waals surface area contributed by atoms with Crippen molar-refractivity contribution in [1.29, 1.82) is 0 Å². The second kappa shape index (κ2) is 13.8. The van der Waals surface area contributed by atoms with Crippen LogP contribution in [0, 0.1) is 0 Å². The van der Waals surface area contributed by atoms with Crippen molar-refractivity contribution in [3.8, 4) is 22.6 Å². The molecule has 5 nitrogen and oxygen atoms in total. The average Bonchev–Trinajstić information content (AvgIpc) is 3.07. The Morgan fingerprint density at radius 2 is 1.62 bits per heavy atom. The number of phenols is 1. The Hall–Kier alpha value is -3.47. The normalized spacial score (nSPS) is 10.1. The number of esters is 1. The van der Waals surface area contributed by atoms with Gasteiger partial charge in [0.2, 0.25) is 0 Å². The zero-order valence-electron chi connectivity index (χ0n) is 20.0. The zero-order chi connectivity index (χ0) is 24.1. The molecule has 0 saturated carbocycles.